The molecule has 0 bridgehead atoms. The van der Waals surface area contributed by atoms with E-state index in [1.54, 1.807) is 0 Å². The molecule has 3 rings (SSSR count). The molecule has 0 unspecified atom stereocenters. The van der Waals surface area contributed by atoms with Gasteiger partial charge in [0.05, 0.1) is 22.7 Å². The Balaban J connectivity index is 2.05. The Morgan fingerprint density at radius 1 is 1.32 bits per heavy atom. The average molecular weight is 276 g/mol. The summed E-state index contributed by atoms with van der Waals surface area (Å²) in [6.07, 6.45) is 6.52. The van der Waals surface area contributed by atoms with Gasteiger partial charge in [-0.1, -0.05) is 17.7 Å². The van der Waals surface area contributed by atoms with Crippen LogP contribution in [0.4, 0.5) is 0 Å². The van der Waals surface area contributed by atoms with Crippen molar-refractivity contribution in [1.29, 1.82) is 0 Å². The SMILES string of the molecule is C[C@H](N)c1ccc(-n2cnc3c2CCCC3)c(Cl)c1. The summed E-state index contributed by atoms with van der Waals surface area (Å²) in [6, 6.07) is 6.04. The number of aromatic nitrogens is 2. The van der Waals surface area contributed by atoms with Gasteiger partial charge in [-0.3, -0.25) is 0 Å². The lowest BCUT2D eigenvalue weighted by atomic mass is 10.0. The monoisotopic (exact) mass is 275 g/mol. The lowest BCUT2D eigenvalue weighted by Crippen LogP contribution is -2.08. The molecule has 0 aliphatic heterocycles. The molecule has 2 aromatic rings. The highest BCUT2D eigenvalue weighted by Crippen LogP contribution is 2.28. The predicted octanol–water partition coefficient (Wildman–Crippen LogP) is 3.42. The highest BCUT2D eigenvalue weighted by atomic mass is 35.5. The van der Waals surface area contributed by atoms with Crippen molar-refractivity contribution < 1.29 is 0 Å². The van der Waals surface area contributed by atoms with E-state index in [4.69, 9.17) is 17.3 Å². The van der Waals surface area contributed by atoms with Crippen LogP contribution < -0.4 is 5.73 Å². The van der Waals surface area contributed by atoms with Crippen LogP contribution >= 0.6 is 11.6 Å². The molecule has 1 atom stereocenters. The molecule has 1 aliphatic carbocycles. The first kappa shape index (κ1) is 12.7. The summed E-state index contributed by atoms with van der Waals surface area (Å²) in [4.78, 5) is 4.51. The minimum absolute atomic E-state index is 0.00301. The minimum Gasteiger partial charge on any atom is -0.324 e. The summed E-state index contributed by atoms with van der Waals surface area (Å²) in [7, 11) is 0. The second kappa shape index (κ2) is 4.99. The molecular weight excluding hydrogens is 258 g/mol. The number of rotatable bonds is 2. The molecule has 0 radical (unpaired) electrons. The molecule has 1 aromatic heterocycles. The molecule has 19 heavy (non-hydrogen) atoms. The fraction of sp³-hybridized carbons (Fsp3) is 0.400. The van der Waals surface area contributed by atoms with E-state index in [1.807, 2.05) is 31.5 Å². The number of fused-ring (bicyclic) bond motifs is 1. The third kappa shape index (κ3) is 2.28. The molecule has 0 amide bonds. The third-order valence-electron chi connectivity index (χ3n) is 3.79. The molecule has 2 N–H and O–H groups in total. The van der Waals surface area contributed by atoms with Gasteiger partial charge in [-0.05, 0) is 50.3 Å². The van der Waals surface area contributed by atoms with Crippen molar-refractivity contribution in [2.24, 2.45) is 5.73 Å². The Labute approximate surface area is 118 Å². The van der Waals surface area contributed by atoms with Crippen LogP contribution in [0.2, 0.25) is 5.02 Å². The first-order valence-electron chi connectivity index (χ1n) is 6.77. The summed E-state index contributed by atoms with van der Waals surface area (Å²) in [5.74, 6) is 0. The van der Waals surface area contributed by atoms with E-state index >= 15 is 0 Å². The summed E-state index contributed by atoms with van der Waals surface area (Å²) < 4.78 is 2.13. The van der Waals surface area contributed by atoms with Gasteiger partial charge in [0.15, 0.2) is 0 Å². The van der Waals surface area contributed by atoms with Crippen LogP contribution in [0.3, 0.4) is 0 Å². The van der Waals surface area contributed by atoms with Crippen molar-refractivity contribution in [2.45, 2.75) is 38.6 Å². The Bertz CT molecular complexity index is 601. The van der Waals surface area contributed by atoms with Gasteiger partial charge in [0.2, 0.25) is 0 Å². The quantitative estimate of drug-likeness (QED) is 0.913. The second-order valence-corrected chi connectivity index (χ2v) is 5.62. The van der Waals surface area contributed by atoms with Gasteiger partial charge in [-0.25, -0.2) is 4.98 Å². The van der Waals surface area contributed by atoms with Crippen molar-refractivity contribution in [2.75, 3.05) is 0 Å². The van der Waals surface area contributed by atoms with Crippen LogP contribution in [0.5, 0.6) is 0 Å². The Morgan fingerprint density at radius 3 is 2.84 bits per heavy atom. The standard InChI is InChI=1S/C15H18ClN3/c1-10(17)11-6-7-14(12(16)8-11)19-9-18-13-4-2-3-5-15(13)19/h6-10H,2-5,17H2,1H3/t10-/m0/s1. The highest BCUT2D eigenvalue weighted by molar-refractivity contribution is 6.32. The van der Waals surface area contributed by atoms with Crippen LogP contribution in [0.1, 0.15) is 42.8 Å². The van der Waals surface area contributed by atoms with Crippen LogP contribution in [0, 0.1) is 0 Å². The van der Waals surface area contributed by atoms with Crippen molar-refractivity contribution in [1.82, 2.24) is 9.55 Å². The summed E-state index contributed by atoms with van der Waals surface area (Å²) in [6.45, 7) is 1.96. The van der Waals surface area contributed by atoms with E-state index in [2.05, 4.69) is 9.55 Å². The maximum absolute atomic E-state index is 6.40. The number of benzene rings is 1. The maximum Gasteiger partial charge on any atom is 0.0998 e. The topological polar surface area (TPSA) is 43.8 Å². The molecule has 3 nitrogen and oxygen atoms in total. The third-order valence-corrected chi connectivity index (χ3v) is 4.09. The molecule has 100 valence electrons. The molecule has 0 saturated carbocycles. The first-order valence-corrected chi connectivity index (χ1v) is 7.15. The molecular formula is C15H18ClN3. The van der Waals surface area contributed by atoms with Gasteiger partial charge < -0.3 is 10.3 Å². The van der Waals surface area contributed by atoms with Gasteiger partial charge in [-0.2, -0.15) is 0 Å². The van der Waals surface area contributed by atoms with Crippen molar-refractivity contribution >= 4 is 11.6 Å². The minimum atomic E-state index is 0.00301. The summed E-state index contributed by atoms with van der Waals surface area (Å²) in [5, 5.41) is 0.737. The second-order valence-electron chi connectivity index (χ2n) is 5.21. The van der Waals surface area contributed by atoms with Gasteiger partial charge in [0.25, 0.3) is 0 Å². The number of hydrogen-bond donors (Lipinski definition) is 1. The van der Waals surface area contributed by atoms with E-state index in [1.165, 1.54) is 24.2 Å². The maximum atomic E-state index is 6.40. The number of nitrogens with two attached hydrogens (primary N) is 1. The molecule has 1 aliphatic rings. The molecule has 0 saturated heterocycles. The fourth-order valence-corrected chi connectivity index (χ4v) is 2.96. The Morgan fingerprint density at radius 2 is 2.11 bits per heavy atom. The number of hydrogen-bond acceptors (Lipinski definition) is 2. The van der Waals surface area contributed by atoms with Crippen molar-refractivity contribution in [3.05, 3.63) is 46.5 Å². The fourth-order valence-electron chi connectivity index (χ4n) is 2.68. The van der Waals surface area contributed by atoms with E-state index in [9.17, 15) is 0 Å². The molecule has 0 spiro atoms. The van der Waals surface area contributed by atoms with E-state index in [0.717, 1.165) is 29.1 Å². The zero-order valence-electron chi connectivity index (χ0n) is 11.1. The van der Waals surface area contributed by atoms with Crippen molar-refractivity contribution in [3.63, 3.8) is 0 Å². The normalized spacial score (nSPS) is 16.2. The number of nitrogens with zero attached hydrogens (tertiary/aromatic N) is 2. The van der Waals surface area contributed by atoms with Gasteiger partial charge >= 0.3 is 0 Å². The van der Waals surface area contributed by atoms with Crippen LogP contribution in [-0.4, -0.2) is 9.55 Å². The summed E-state index contributed by atoms with van der Waals surface area (Å²) in [5.41, 5.74) is 10.5. The average Bonchev–Trinajstić information content (AvgIpc) is 2.82. The smallest absolute Gasteiger partial charge is 0.0998 e. The molecule has 4 heteroatoms. The largest absolute Gasteiger partial charge is 0.324 e. The van der Waals surface area contributed by atoms with E-state index in [0.29, 0.717) is 0 Å². The molecule has 0 fully saturated rings. The highest BCUT2D eigenvalue weighted by Gasteiger charge is 2.17. The Hall–Kier alpha value is -1.32. The zero-order valence-corrected chi connectivity index (χ0v) is 11.8. The van der Waals surface area contributed by atoms with E-state index in [-0.39, 0.29) is 6.04 Å². The zero-order chi connectivity index (χ0) is 13.4. The summed E-state index contributed by atoms with van der Waals surface area (Å²) >= 11 is 6.40. The van der Waals surface area contributed by atoms with Gasteiger partial charge in [-0.15, -0.1) is 0 Å². The van der Waals surface area contributed by atoms with Gasteiger partial charge in [0.1, 0.15) is 0 Å². The van der Waals surface area contributed by atoms with Crippen molar-refractivity contribution in [3.8, 4) is 5.69 Å². The lowest BCUT2D eigenvalue weighted by molar-refractivity contribution is 0.656. The number of halogens is 1. The molecule has 1 aromatic carbocycles. The lowest BCUT2D eigenvalue weighted by Gasteiger charge is -2.16. The van der Waals surface area contributed by atoms with Crippen LogP contribution in [0.25, 0.3) is 5.69 Å². The number of aryl methyl sites for hydroxylation is 1. The number of imidazole rings is 1. The van der Waals surface area contributed by atoms with Crippen LogP contribution in [-0.2, 0) is 12.8 Å². The first-order chi connectivity index (χ1) is 9.16. The van der Waals surface area contributed by atoms with E-state index < -0.39 is 0 Å². The van der Waals surface area contributed by atoms with Gasteiger partial charge in [0, 0.05) is 11.7 Å². The predicted molar refractivity (Wildman–Crippen MR) is 77.8 cm³/mol. The molecule has 1 heterocycles. The van der Waals surface area contributed by atoms with Crippen LogP contribution in [0.15, 0.2) is 24.5 Å². The Kier molecular flexibility index (Phi) is 3.33.